The minimum atomic E-state index is -3.77. The van der Waals surface area contributed by atoms with Crippen LogP contribution in [-0.2, 0) is 16.6 Å². The van der Waals surface area contributed by atoms with Gasteiger partial charge in [0.2, 0.25) is 10.0 Å². The fourth-order valence-corrected chi connectivity index (χ4v) is 4.59. The molecule has 0 aliphatic rings. The maximum atomic E-state index is 12.7. The monoisotopic (exact) mass is 435 g/mol. The summed E-state index contributed by atoms with van der Waals surface area (Å²) in [5.74, 6) is -0.531. The lowest BCUT2D eigenvalue weighted by atomic mass is 10.2. The molecule has 0 N–H and O–H groups in total. The van der Waals surface area contributed by atoms with Crippen molar-refractivity contribution in [2.75, 3.05) is 14.1 Å². The summed E-state index contributed by atoms with van der Waals surface area (Å²) < 4.78 is 27.7. The molecule has 0 fully saturated rings. The molecule has 0 radical (unpaired) electrons. The molecular formula is C19H18ClN3O3S2. The lowest BCUT2D eigenvalue weighted by Crippen LogP contribution is -2.23. The van der Waals surface area contributed by atoms with E-state index >= 15 is 0 Å². The standard InChI is InChI=1S/C19H18ClN3O3S2/c1-22(2)28(25,26)17-12-15(8-9-16(17)20)18(24)21-19-23(10-11-27-19)13-14-6-4-3-5-7-14/h3-12H,13H2,1-2H3. The molecule has 3 aromatic rings. The van der Waals surface area contributed by atoms with Crippen LogP contribution in [0.5, 0.6) is 0 Å². The Hall–Kier alpha value is -2.26. The van der Waals surface area contributed by atoms with Gasteiger partial charge in [0.05, 0.1) is 5.02 Å². The van der Waals surface area contributed by atoms with Crippen molar-refractivity contribution in [3.05, 3.63) is 81.1 Å². The maximum Gasteiger partial charge on any atom is 0.279 e. The molecule has 0 saturated heterocycles. The van der Waals surface area contributed by atoms with E-state index in [0.29, 0.717) is 11.3 Å². The van der Waals surface area contributed by atoms with E-state index in [2.05, 4.69) is 4.99 Å². The van der Waals surface area contributed by atoms with E-state index in [1.54, 1.807) is 0 Å². The summed E-state index contributed by atoms with van der Waals surface area (Å²) in [6.07, 6.45) is 1.85. The Morgan fingerprint density at radius 3 is 2.57 bits per heavy atom. The van der Waals surface area contributed by atoms with Crippen LogP contribution in [0.2, 0.25) is 5.02 Å². The normalized spacial score (nSPS) is 12.5. The number of carbonyl (C=O) groups is 1. The average Bonchev–Trinajstić information content (AvgIpc) is 3.09. The predicted octanol–water partition coefficient (Wildman–Crippen LogP) is 3.24. The highest BCUT2D eigenvalue weighted by Crippen LogP contribution is 2.25. The molecule has 0 unspecified atom stereocenters. The Morgan fingerprint density at radius 1 is 1.18 bits per heavy atom. The van der Waals surface area contributed by atoms with E-state index in [0.717, 1.165) is 9.87 Å². The number of benzene rings is 2. The minimum absolute atomic E-state index is 0.0560. The molecule has 3 rings (SSSR count). The third-order valence-electron chi connectivity index (χ3n) is 3.99. The van der Waals surface area contributed by atoms with Crippen molar-refractivity contribution >= 4 is 38.9 Å². The predicted molar refractivity (Wildman–Crippen MR) is 110 cm³/mol. The van der Waals surface area contributed by atoms with Gasteiger partial charge >= 0.3 is 0 Å². The molecule has 1 heterocycles. The van der Waals surface area contributed by atoms with Crippen LogP contribution in [0.1, 0.15) is 15.9 Å². The maximum absolute atomic E-state index is 12.7. The van der Waals surface area contributed by atoms with Crippen LogP contribution in [0.3, 0.4) is 0 Å². The third kappa shape index (κ3) is 4.41. The molecule has 2 aromatic carbocycles. The Bertz CT molecular complexity index is 1170. The van der Waals surface area contributed by atoms with Crippen molar-refractivity contribution in [3.8, 4) is 0 Å². The van der Waals surface area contributed by atoms with Crippen molar-refractivity contribution < 1.29 is 13.2 Å². The zero-order valence-electron chi connectivity index (χ0n) is 15.2. The average molecular weight is 436 g/mol. The number of hydrogen-bond acceptors (Lipinski definition) is 4. The van der Waals surface area contributed by atoms with Crippen molar-refractivity contribution in [1.82, 2.24) is 8.87 Å². The van der Waals surface area contributed by atoms with Gasteiger partial charge in [0.1, 0.15) is 4.90 Å². The molecular weight excluding hydrogens is 418 g/mol. The highest BCUT2D eigenvalue weighted by molar-refractivity contribution is 7.89. The number of aromatic nitrogens is 1. The molecule has 146 valence electrons. The fraction of sp³-hybridized carbons (Fsp3) is 0.158. The quantitative estimate of drug-likeness (QED) is 0.617. The zero-order valence-corrected chi connectivity index (χ0v) is 17.6. The first-order valence-corrected chi connectivity index (χ1v) is 11.0. The van der Waals surface area contributed by atoms with E-state index < -0.39 is 15.9 Å². The summed E-state index contributed by atoms with van der Waals surface area (Å²) in [6, 6.07) is 14.0. The van der Waals surface area contributed by atoms with E-state index in [4.69, 9.17) is 11.6 Å². The van der Waals surface area contributed by atoms with Crippen LogP contribution in [0.25, 0.3) is 0 Å². The number of rotatable bonds is 5. The van der Waals surface area contributed by atoms with Gasteiger partial charge in [-0.2, -0.15) is 4.99 Å². The molecule has 0 aliphatic carbocycles. The molecule has 28 heavy (non-hydrogen) atoms. The lowest BCUT2D eigenvalue weighted by Gasteiger charge is -2.13. The fourth-order valence-electron chi connectivity index (χ4n) is 2.47. The first kappa shape index (κ1) is 20.5. The molecule has 1 amide bonds. The van der Waals surface area contributed by atoms with Crippen LogP contribution in [0, 0.1) is 0 Å². The van der Waals surface area contributed by atoms with Gasteiger partial charge in [0, 0.05) is 37.8 Å². The van der Waals surface area contributed by atoms with E-state index in [-0.39, 0.29) is 15.5 Å². The smallest absolute Gasteiger partial charge is 0.279 e. The van der Waals surface area contributed by atoms with Crippen molar-refractivity contribution in [1.29, 1.82) is 0 Å². The van der Waals surface area contributed by atoms with Gasteiger partial charge in [-0.05, 0) is 23.8 Å². The molecule has 6 nitrogen and oxygen atoms in total. The summed E-state index contributed by atoms with van der Waals surface area (Å²) in [4.78, 5) is 17.2. The van der Waals surface area contributed by atoms with Gasteiger partial charge in [-0.15, -0.1) is 11.3 Å². The summed E-state index contributed by atoms with van der Waals surface area (Å²) in [5.41, 5.74) is 1.24. The molecule has 1 aromatic heterocycles. The molecule has 0 atom stereocenters. The molecule has 0 saturated carbocycles. The first-order valence-electron chi connectivity index (χ1n) is 8.28. The van der Waals surface area contributed by atoms with Crippen molar-refractivity contribution in [2.24, 2.45) is 4.99 Å². The molecule has 0 spiro atoms. The second-order valence-corrected chi connectivity index (χ2v) is 9.55. The highest BCUT2D eigenvalue weighted by Gasteiger charge is 2.22. The van der Waals surface area contributed by atoms with Crippen molar-refractivity contribution in [2.45, 2.75) is 11.4 Å². The Balaban J connectivity index is 1.96. The second kappa shape index (κ2) is 8.40. The SMILES string of the molecule is CN(C)S(=O)(=O)c1cc(C(=O)N=c2sccn2Cc2ccccc2)ccc1Cl. The lowest BCUT2D eigenvalue weighted by molar-refractivity contribution is 0.0997. The largest absolute Gasteiger partial charge is 0.319 e. The van der Waals surface area contributed by atoms with Gasteiger partial charge in [0.15, 0.2) is 4.80 Å². The summed E-state index contributed by atoms with van der Waals surface area (Å²) in [7, 11) is -0.959. The zero-order chi connectivity index (χ0) is 20.3. The number of amides is 1. The van der Waals surface area contributed by atoms with Gasteiger partial charge < -0.3 is 4.57 Å². The molecule has 0 bridgehead atoms. The van der Waals surface area contributed by atoms with Crippen LogP contribution in [0.4, 0.5) is 0 Å². The highest BCUT2D eigenvalue weighted by atomic mass is 35.5. The third-order valence-corrected chi connectivity index (χ3v) is 7.08. The van der Waals surface area contributed by atoms with Crippen LogP contribution in [-0.4, -0.2) is 37.3 Å². The first-order chi connectivity index (χ1) is 13.3. The number of sulfonamides is 1. The summed E-state index contributed by atoms with van der Waals surface area (Å²) in [5, 5.41) is 1.90. The number of halogens is 1. The van der Waals surface area contributed by atoms with Crippen LogP contribution in [0.15, 0.2) is 70.0 Å². The van der Waals surface area contributed by atoms with Gasteiger partial charge in [-0.3, -0.25) is 4.79 Å². The van der Waals surface area contributed by atoms with Gasteiger partial charge in [0.25, 0.3) is 5.91 Å². The van der Waals surface area contributed by atoms with Crippen LogP contribution < -0.4 is 4.80 Å². The second-order valence-electron chi connectivity index (χ2n) is 6.15. The minimum Gasteiger partial charge on any atom is -0.319 e. The Labute approximate surface area is 172 Å². The summed E-state index contributed by atoms with van der Waals surface area (Å²) >= 11 is 7.37. The van der Waals surface area contributed by atoms with E-state index in [1.165, 1.54) is 43.6 Å². The molecule has 9 heteroatoms. The Kier molecular flexibility index (Phi) is 6.14. The van der Waals surface area contributed by atoms with E-state index in [9.17, 15) is 13.2 Å². The number of hydrogen-bond donors (Lipinski definition) is 0. The number of thiazole rings is 1. The summed E-state index contributed by atoms with van der Waals surface area (Å²) in [6.45, 7) is 0.581. The van der Waals surface area contributed by atoms with Crippen molar-refractivity contribution in [3.63, 3.8) is 0 Å². The Morgan fingerprint density at radius 2 is 1.89 bits per heavy atom. The van der Waals surface area contributed by atoms with Gasteiger partial charge in [-0.1, -0.05) is 41.9 Å². The van der Waals surface area contributed by atoms with Crippen LogP contribution >= 0.6 is 22.9 Å². The topological polar surface area (TPSA) is 71.7 Å². The number of carbonyl (C=O) groups excluding carboxylic acids is 1. The molecule has 0 aliphatic heterocycles. The number of nitrogens with zero attached hydrogens (tertiary/aromatic N) is 3. The van der Waals surface area contributed by atoms with E-state index in [1.807, 2.05) is 46.5 Å². The van der Waals surface area contributed by atoms with Gasteiger partial charge in [-0.25, -0.2) is 12.7 Å².